The highest BCUT2D eigenvalue weighted by Crippen LogP contribution is 2.25. The predicted molar refractivity (Wildman–Crippen MR) is 70.5 cm³/mol. The molecule has 2 aliphatic heterocycles. The fourth-order valence-electron chi connectivity index (χ4n) is 2.50. The maximum Gasteiger partial charge on any atom is 0.201 e. The molecule has 1 aromatic rings. The van der Waals surface area contributed by atoms with Crippen molar-refractivity contribution in [2.24, 2.45) is 0 Å². The van der Waals surface area contributed by atoms with Gasteiger partial charge in [0.05, 0.1) is 19.4 Å². The lowest BCUT2D eigenvalue weighted by atomic mass is 10.1. The average Bonchev–Trinajstić information content (AvgIpc) is 2.96. The van der Waals surface area contributed by atoms with Crippen LogP contribution in [0.4, 0.5) is 0 Å². The van der Waals surface area contributed by atoms with E-state index in [0.717, 1.165) is 38.4 Å². The van der Waals surface area contributed by atoms with E-state index in [2.05, 4.69) is 34.1 Å². The van der Waals surface area contributed by atoms with Crippen LogP contribution in [0.1, 0.15) is 17.5 Å². The first-order valence-electron chi connectivity index (χ1n) is 6.83. The van der Waals surface area contributed by atoms with E-state index in [1.807, 2.05) is 6.07 Å². The van der Waals surface area contributed by atoms with Gasteiger partial charge in [0.2, 0.25) is 6.29 Å². The van der Waals surface area contributed by atoms with Crippen LogP contribution >= 0.6 is 0 Å². The Balaban J connectivity index is 1.69. The molecule has 2 aliphatic rings. The number of nitrogens with zero attached hydrogens (tertiary/aromatic N) is 3. The van der Waals surface area contributed by atoms with Crippen LogP contribution in [0.15, 0.2) is 12.1 Å². The molecule has 3 rings (SSSR count). The molecular weight excluding hydrogens is 242 g/mol. The lowest BCUT2D eigenvalue weighted by Gasteiger charge is -2.32. The van der Waals surface area contributed by atoms with Gasteiger partial charge in [-0.3, -0.25) is 4.90 Å². The third-order valence-electron chi connectivity index (χ3n) is 3.71. The molecule has 1 aromatic heterocycles. The Morgan fingerprint density at radius 3 is 2.74 bits per heavy atom. The van der Waals surface area contributed by atoms with Crippen molar-refractivity contribution >= 4 is 0 Å². The highest BCUT2D eigenvalue weighted by molar-refractivity contribution is 5.21. The summed E-state index contributed by atoms with van der Waals surface area (Å²) in [6.07, 6.45) is 2.58. The molecular formula is C14H20N3O2. The molecule has 0 aliphatic carbocycles. The van der Waals surface area contributed by atoms with Crippen LogP contribution in [-0.4, -0.2) is 61.2 Å². The van der Waals surface area contributed by atoms with Crippen LogP contribution in [0.5, 0.6) is 0 Å². The summed E-state index contributed by atoms with van der Waals surface area (Å²) < 4.78 is 11.1. The van der Waals surface area contributed by atoms with Gasteiger partial charge in [0.25, 0.3) is 0 Å². The van der Waals surface area contributed by atoms with Crippen molar-refractivity contribution in [3.8, 4) is 0 Å². The number of hydrogen-bond donors (Lipinski definition) is 0. The number of ether oxygens (including phenoxy) is 2. The Bertz CT molecular complexity index is 413. The van der Waals surface area contributed by atoms with Crippen LogP contribution in [0.25, 0.3) is 0 Å². The zero-order chi connectivity index (χ0) is 13.1. The maximum absolute atomic E-state index is 5.55. The number of aromatic nitrogens is 1. The zero-order valence-electron chi connectivity index (χ0n) is 11.3. The Labute approximate surface area is 114 Å². The topological polar surface area (TPSA) is 37.8 Å². The first kappa shape index (κ1) is 13.0. The third-order valence-corrected chi connectivity index (χ3v) is 3.71. The monoisotopic (exact) mass is 262 g/mol. The van der Waals surface area contributed by atoms with Gasteiger partial charge in [-0.2, -0.15) is 0 Å². The number of rotatable bonds is 3. The van der Waals surface area contributed by atoms with Crippen molar-refractivity contribution in [2.45, 2.75) is 12.8 Å². The van der Waals surface area contributed by atoms with Gasteiger partial charge in [0, 0.05) is 32.7 Å². The molecule has 103 valence electrons. The molecule has 0 bridgehead atoms. The minimum absolute atomic E-state index is 0.306. The molecule has 0 saturated carbocycles. The molecule has 2 fully saturated rings. The summed E-state index contributed by atoms with van der Waals surface area (Å²) in [5.74, 6) is 0. The van der Waals surface area contributed by atoms with Gasteiger partial charge >= 0.3 is 0 Å². The van der Waals surface area contributed by atoms with E-state index >= 15 is 0 Å². The Morgan fingerprint density at radius 1 is 1.26 bits per heavy atom. The molecule has 2 saturated heterocycles. The molecule has 19 heavy (non-hydrogen) atoms. The van der Waals surface area contributed by atoms with Crippen LogP contribution in [-0.2, 0) is 16.0 Å². The molecule has 3 heterocycles. The molecule has 0 atom stereocenters. The van der Waals surface area contributed by atoms with Gasteiger partial charge < -0.3 is 14.4 Å². The number of hydrogen-bond acceptors (Lipinski definition) is 5. The highest BCUT2D eigenvalue weighted by atomic mass is 16.7. The predicted octanol–water partition coefficient (Wildman–Crippen LogP) is 0.675. The first-order valence-corrected chi connectivity index (χ1v) is 6.83. The molecule has 0 spiro atoms. The second kappa shape index (κ2) is 5.96. The van der Waals surface area contributed by atoms with Gasteiger partial charge in [-0.15, -0.1) is 0 Å². The standard InChI is InChI=1S/C14H20N3O2/c1-16-5-7-17(8-6-16)11-12-3-2-4-15-13(12)14-18-9-10-19-14/h2-3,14H,5-11H2,1H3. The molecule has 0 aromatic carbocycles. The highest BCUT2D eigenvalue weighted by Gasteiger charge is 2.24. The summed E-state index contributed by atoms with van der Waals surface area (Å²) in [6, 6.07) is 3.94. The van der Waals surface area contributed by atoms with Crippen LogP contribution in [0.2, 0.25) is 0 Å². The number of pyridine rings is 1. The Morgan fingerprint density at radius 2 is 2.00 bits per heavy atom. The second-order valence-electron chi connectivity index (χ2n) is 5.14. The quantitative estimate of drug-likeness (QED) is 0.800. The molecule has 1 radical (unpaired) electrons. The lowest BCUT2D eigenvalue weighted by molar-refractivity contribution is -0.0484. The largest absolute Gasteiger partial charge is 0.345 e. The van der Waals surface area contributed by atoms with Crippen molar-refractivity contribution in [2.75, 3.05) is 46.4 Å². The normalized spacial score (nSPS) is 23.0. The van der Waals surface area contributed by atoms with E-state index in [1.54, 1.807) is 0 Å². The number of piperazine rings is 1. The molecule has 0 N–H and O–H groups in total. The van der Waals surface area contributed by atoms with Crippen LogP contribution in [0, 0.1) is 6.20 Å². The van der Waals surface area contributed by atoms with Crippen LogP contribution < -0.4 is 0 Å². The van der Waals surface area contributed by atoms with Crippen molar-refractivity contribution in [1.82, 2.24) is 14.8 Å². The summed E-state index contributed by atoms with van der Waals surface area (Å²) in [4.78, 5) is 9.14. The van der Waals surface area contributed by atoms with Crippen LogP contribution in [0.3, 0.4) is 0 Å². The minimum atomic E-state index is -0.306. The van der Waals surface area contributed by atoms with E-state index in [0.29, 0.717) is 13.2 Å². The van der Waals surface area contributed by atoms with Crippen molar-refractivity contribution in [3.05, 3.63) is 29.6 Å². The Hall–Kier alpha value is -1.01. The number of likely N-dealkylation sites (N-methyl/N-ethyl adjacent to an activating group) is 1. The summed E-state index contributed by atoms with van der Waals surface area (Å²) >= 11 is 0. The van der Waals surface area contributed by atoms with Crippen molar-refractivity contribution in [3.63, 3.8) is 0 Å². The molecule has 0 amide bonds. The summed E-state index contributed by atoms with van der Waals surface area (Å²) in [5, 5.41) is 0. The SMILES string of the molecule is CN1CCN(Cc2cc[c]nc2C2OCCO2)CC1. The average molecular weight is 262 g/mol. The van der Waals surface area contributed by atoms with Gasteiger partial charge in [-0.1, -0.05) is 6.07 Å². The fraction of sp³-hybridized carbons (Fsp3) is 0.643. The van der Waals surface area contributed by atoms with Gasteiger partial charge in [0.1, 0.15) is 5.69 Å². The smallest absolute Gasteiger partial charge is 0.201 e. The summed E-state index contributed by atoms with van der Waals surface area (Å²) in [5.41, 5.74) is 2.08. The van der Waals surface area contributed by atoms with Crippen molar-refractivity contribution < 1.29 is 9.47 Å². The summed E-state index contributed by atoms with van der Waals surface area (Å²) in [6.45, 7) is 6.65. The first-order chi connectivity index (χ1) is 9.33. The van der Waals surface area contributed by atoms with E-state index in [4.69, 9.17) is 9.47 Å². The molecule has 5 nitrogen and oxygen atoms in total. The van der Waals surface area contributed by atoms with E-state index in [9.17, 15) is 0 Å². The van der Waals surface area contributed by atoms with Crippen molar-refractivity contribution in [1.29, 1.82) is 0 Å². The van der Waals surface area contributed by atoms with E-state index in [-0.39, 0.29) is 6.29 Å². The fourth-order valence-corrected chi connectivity index (χ4v) is 2.50. The van der Waals surface area contributed by atoms with Gasteiger partial charge in [-0.25, -0.2) is 4.98 Å². The third kappa shape index (κ3) is 3.12. The second-order valence-corrected chi connectivity index (χ2v) is 5.14. The minimum Gasteiger partial charge on any atom is -0.345 e. The maximum atomic E-state index is 5.55. The van der Waals surface area contributed by atoms with E-state index < -0.39 is 0 Å². The molecule has 5 heteroatoms. The molecule has 0 unspecified atom stereocenters. The van der Waals surface area contributed by atoms with Gasteiger partial charge in [0.15, 0.2) is 0 Å². The summed E-state index contributed by atoms with van der Waals surface area (Å²) in [7, 11) is 2.17. The zero-order valence-corrected chi connectivity index (χ0v) is 11.3. The van der Waals surface area contributed by atoms with E-state index in [1.165, 1.54) is 5.56 Å². The Kier molecular flexibility index (Phi) is 4.08. The lowest BCUT2D eigenvalue weighted by Crippen LogP contribution is -2.44. The van der Waals surface area contributed by atoms with Gasteiger partial charge in [-0.05, 0) is 18.7 Å².